The largest absolute Gasteiger partial charge is 0.432 e. The maximum atomic E-state index is 12.9. The van der Waals surface area contributed by atoms with Crippen molar-refractivity contribution in [1.29, 1.82) is 0 Å². The summed E-state index contributed by atoms with van der Waals surface area (Å²) in [7, 11) is 0. The highest BCUT2D eigenvalue weighted by Crippen LogP contribution is 2.33. The van der Waals surface area contributed by atoms with Crippen LogP contribution >= 0.6 is 0 Å². The van der Waals surface area contributed by atoms with Gasteiger partial charge in [-0.25, -0.2) is 4.79 Å². The maximum Gasteiger partial charge on any atom is 0.406 e. The van der Waals surface area contributed by atoms with Gasteiger partial charge in [0.1, 0.15) is 12.2 Å². The van der Waals surface area contributed by atoms with E-state index in [0.29, 0.717) is 0 Å². The predicted octanol–water partition coefficient (Wildman–Crippen LogP) is 3.10. The van der Waals surface area contributed by atoms with E-state index >= 15 is 0 Å². The summed E-state index contributed by atoms with van der Waals surface area (Å²) in [6, 6.07) is 3.41. The number of anilines is 1. The highest BCUT2D eigenvalue weighted by molar-refractivity contribution is 5.87. The summed E-state index contributed by atoms with van der Waals surface area (Å²) in [5, 5.41) is 2.15. The van der Waals surface area contributed by atoms with Crippen molar-refractivity contribution in [1.82, 2.24) is 0 Å². The average molecular weight is 284 g/mol. The smallest absolute Gasteiger partial charge is 0.406 e. The van der Waals surface area contributed by atoms with Gasteiger partial charge in [0.25, 0.3) is 0 Å². The molecule has 0 unspecified atom stereocenters. The fourth-order valence-corrected chi connectivity index (χ4v) is 1.19. The number of primary amides is 1. The molecule has 1 rings (SSSR count). The van der Waals surface area contributed by atoms with E-state index in [-0.39, 0.29) is 5.69 Å². The Kier molecular flexibility index (Phi) is 4.17. The van der Waals surface area contributed by atoms with Crippen LogP contribution in [0, 0.1) is 0 Å². The number of hydrogen-bond acceptors (Lipinski definition) is 2. The zero-order chi connectivity index (χ0) is 14.7. The van der Waals surface area contributed by atoms with Crippen LogP contribution in [0.1, 0.15) is 6.42 Å². The van der Waals surface area contributed by atoms with Gasteiger partial charge in [0.2, 0.25) is 0 Å². The molecule has 0 saturated heterocycles. The van der Waals surface area contributed by atoms with E-state index in [1.54, 1.807) is 0 Å². The first-order valence-electron chi connectivity index (χ1n) is 4.87. The van der Waals surface area contributed by atoms with Gasteiger partial charge in [0.15, 0.2) is 0 Å². The third kappa shape index (κ3) is 5.89. The highest BCUT2D eigenvalue weighted by Gasteiger charge is 2.45. The van der Waals surface area contributed by atoms with Crippen molar-refractivity contribution in [2.45, 2.75) is 18.7 Å². The van der Waals surface area contributed by atoms with Crippen LogP contribution in [-0.4, -0.2) is 18.3 Å². The second kappa shape index (κ2) is 5.29. The minimum Gasteiger partial charge on any atom is -0.432 e. The second-order valence-electron chi connectivity index (χ2n) is 3.54. The number of nitrogens with one attached hydrogen (secondary N) is 1. The zero-order valence-electron chi connectivity index (χ0n) is 9.30. The second-order valence-corrected chi connectivity index (χ2v) is 3.54. The monoisotopic (exact) mass is 284 g/mol. The summed E-state index contributed by atoms with van der Waals surface area (Å²) in [5.74, 6) is -0.468. The third-order valence-corrected chi connectivity index (χ3v) is 1.80. The van der Waals surface area contributed by atoms with E-state index in [0.717, 1.165) is 24.3 Å². The number of ether oxygens (including phenoxy) is 1. The van der Waals surface area contributed by atoms with Gasteiger partial charge in [-0.2, -0.15) is 22.0 Å². The van der Waals surface area contributed by atoms with Crippen LogP contribution in [0.5, 0.6) is 5.75 Å². The molecule has 19 heavy (non-hydrogen) atoms. The van der Waals surface area contributed by atoms with Gasteiger partial charge in [-0.3, -0.25) is 0 Å². The van der Waals surface area contributed by atoms with Gasteiger partial charge in [-0.05, 0) is 24.3 Å². The highest BCUT2D eigenvalue weighted by atomic mass is 19.4. The number of urea groups is 1. The maximum absolute atomic E-state index is 12.9. The predicted molar refractivity (Wildman–Crippen MR) is 55.9 cm³/mol. The summed E-state index contributed by atoms with van der Waals surface area (Å²) in [6.45, 7) is 0. The van der Waals surface area contributed by atoms with Crippen molar-refractivity contribution in [2.75, 3.05) is 5.32 Å². The minimum absolute atomic E-state index is 0.194. The average Bonchev–Trinajstić information content (AvgIpc) is 2.15. The number of rotatable bonds is 4. The first-order valence-corrected chi connectivity index (χ1v) is 4.87. The lowest BCUT2D eigenvalue weighted by Gasteiger charge is -2.19. The summed E-state index contributed by atoms with van der Waals surface area (Å²) < 4.78 is 65.2. The Hall–Kier alpha value is -2.06. The van der Waals surface area contributed by atoms with Crippen molar-refractivity contribution in [2.24, 2.45) is 5.73 Å². The molecule has 0 aliphatic carbocycles. The molecule has 0 aromatic heterocycles. The lowest BCUT2D eigenvalue weighted by molar-refractivity contribution is -0.255. The molecule has 0 atom stereocenters. The number of halogens is 5. The standard InChI is InChI=1S/C10H9F5N2O2/c11-9(12,13)5-10(14,15)19-7-3-1-6(2-4-7)17-8(16)18/h1-4H,5H2,(H3,16,17,18). The molecule has 0 aliphatic rings. The molecule has 9 heteroatoms. The molecule has 0 spiro atoms. The molecule has 0 bridgehead atoms. The van der Waals surface area contributed by atoms with Crippen LogP contribution in [0.2, 0.25) is 0 Å². The fourth-order valence-electron chi connectivity index (χ4n) is 1.19. The molecule has 106 valence electrons. The molecule has 3 N–H and O–H groups in total. The molecule has 0 fully saturated rings. The fraction of sp³-hybridized carbons (Fsp3) is 0.300. The minimum atomic E-state index is -5.04. The summed E-state index contributed by atoms with van der Waals surface area (Å²) in [6.07, 6.45) is -11.8. The molecular weight excluding hydrogens is 275 g/mol. The van der Waals surface area contributed by atoms with Crippen molar-refractivity contribution in [3.05, 3.63) is 24.3 Å². The molecule has 0 aliphatic heterocycles. The summed E-state index contributed by atoms with van der Waals surface area (Å²) in [4.78, 5) is 10.5. The summed E-state index contributed by atoms with van der Waals surface area (Å²) >= 11 is 0. The van der Waals surface area contributed by atoms with Gasteiger partial charge < -0.3 is 15.8 Å². The van der Waals surface area contributed by atoms with Crippen LogP contribution in [0.25, 0.3) is 0 Å². The zero-order valence-corrected chi connectivity index (χ0v) is 9.30. The first-order chi connectivity index (χ1) is 8.57. The topological polar surface area (TPSA) is 64.4 Å². The Morgan fingerprint density at radius 3 is 2.11 bits per heavy atom. The molecule has 4 nitrogen and oxygen atoms in total. The van der Waals surface area contributed by atoms with Crippen molar-refractivity contribution in [3.63, 3.8) is 0 Å². The lowest BCUT2D eigenvalue weighted by Crippen LogP contribution is -2.31. The van der Waals surface area contributed by atoms with E-state index in [1.165, 1.54) is 0 Å². The van der Waals surface area contributed by atoms with Gasteiger partial charge in [0, 0.05) is 5.69 Å². The van der Waals surface area contributed by atoms with Crippen molar-refractivity contribution >= 4 is 11.7 Å². The van der Waals surface area contributed by atoms with E-state index in [1.807, 2.05) is 0 Å². The number of nitrogens with two attached hydrogens (primary N) is 1. The van der Waals surface area contributed by atoms with Gasteiger partial charge in [-0.1, -0.05) is 0 Å². The first kappa shape index (κ1) is 15.0. The number of carbonyl (C=O) groups excluding carboxylic acids is 1. The quantitative estimate of drug-likeness (QED) is 0.834. The Bertz CT molecular complexity index is 444. The Morgan fingerprint density at radius 2 is 1.68 bits per heavy atom. The van der Waals surface area contributed by atoms with E-state index in [2.05, 4.69) is 10.1 Å². The van der Waals surface area contributed by atoms with E-state index < -0.39 is 30.5 Å². The SMILES string of the molecule is NC(=O)Nc1ccc(OC(F)(F)CC(F)(F)F)cc1. The Balaban J connectivity index is 2.69. The molecule has 0 saturated carbocycles. The molecule has 1 aromatic carbocycles. The molecular formula is C10H9F5N2O2. The van der Waals surface area contributed by atoms with E-state index in [4.69, 9.17) is 5.73 Å². The van der Waals surface area contributed by atoms with E-state index in [9.17, 15) is 26.7 Å². The van der Waals surface area contributed by atoms with Crippen molar-refractivity contribution < 1.29 is 31.5 Å². The Morgan fingerprint density at radius 1 is 1.16 bits per heavy atom. The van der Waals surface area contributed by atoms with Gasteiger partial charge >= 0.3 is 18.3 Å². The molecule has 2 amide bonds. The molecule has 1 aromatic rings. The van der Waals surface area contributed by atoms with Crippen LogP contribution in [0.4, 0.5) is 32.4 Å². The van der Waals surface area contributed by atoms with Crippen LogP contribution in [0.15, 0.2) is 24.3 Å². The number of carbonyl (C=O) groups is 1. The van der Waals surface area contributed by atoms with Gasteiger partial charge in [0.05, 0.1) is 0 Å². The van der Waals surface area contributed by atoms with Crippen LogP contribution < -0.4 is 15.8 Å². The van der Waals surface area contributed by atoms with Crippen molar-refractivity contribution in [3.8, 4) is 5.75 Å². The Labute approximate surface area is 104 Å². The number of benzene rings is 1. The number of hydrogen-bond donors (Lipinski definition) is 2. The molecule has 0 heterocycles. The van der Waals surface area contributed by atoms with Gasteiger partial charge in [-0.15, -0.1) is 0 Å². The lowest BCUT2D eigenvalue weighted by atomic mass is 10.3. The number of alkyl halides is 5. The molecule has 0 radical (unpaired) electrons. The third-order valence-electron chi connectivity index (χ3n) is 1.80. The summed E-state index contributed by atoms with van der Waals surface area (Å²) in [5.41, 5.74) is 5.00. The number of amides is 2. The van der Waals surface area contributed by atoms with Crippen LogP contribution in [0.3, 0.4) is 0 Å². The normalized spacial score (nSPS) is 12.1. The van der Waals surface area contributed by atoms with Crippen LogP contribution in [-0.2, 0) is 0 Å².